The van der Waals surface area contributed by atoms with Crippen LogP contribution in [0.1, 0.15) is 17.9 Å². The third-order valence-electron chi connectivity index (χ3n) is 2.37. The standard InChI is InChI=1S/C10H9NO4/c12-5-1-2-6-7(10(14)15)4-9(13)11-8(6)3-5/h1-3,7,12H,4H2,(H,11,13)(H,14,15). The highest BCUT2D eigenvalue weighted by Gasteiger charge is 2.30. The van der Waals surface area contributed by atoms with Gasteiger partial charge in [0.25, 0.3) is 0 Å². The van der Waals surface area contributed by atoms with Gasteiger partial charge in [0.15, 0.2) is 0 Å². The smallest absolute Gasteiger partial charge is 0.311 e. The van der Waals surface area contributed by atoms with Crippen molar-refractivity contribution in [2.24, 2.45) is 0 Å². The van der Waals surface area contributed by atoms with E-state index >= 15 is 0 Å². The molecule has 0 spiro atoms. The highest BCUT2D eigenvalue weighted by Crippen LogP contribution is 2.34. The number of phenolic OH excluding ortho intramolecular Hbond substituents is 1. The summed E-state index contributed by atoms with van der Waals surface area (Å²) in [6.07, 6.45) is -0.0624. The number of hydrogen-bond donors (Lipinski definition) is 3. The van der Waals surface area contributed by atoms with Crippen molar-refractivity contribution in [2.45, 2.75) is 12.3 Å². The topological polar surface area (TPSA) is 86.6 Å². The number of aromatic hydroxyl groups is 1. The fourth-order valence-corrected chi connectivity index (χ4v) is 1.67. The quantitative estimate of drug-likeness (QED) is 0.638. The molecule has 0 fully saturated rings. The number of fused-ring (bicyclic) bond motifs is 1. The first-order chi connectivity index (χ1) is 7.08. The number of nitrogens with one attached hydrogen (secondary N) is 1. The van der Waals surface area contributed by atoms with E-state index in [1.54, 1.807) is 0 Å². The zero-order valence-corrected chi connectivity index (χ0v) is 7.73. The van der Waals surface area contributed by atoms with Gasteiger partial charge in [-0.3, -0.25) is 9.59 Å². The second-order valence-electron chi connectivity index (χ2n) is 3.41. The summed E-state index contributed by atoms with van der Waals surface area (Å²) in [6, 6.07) is 4.28. The molecule has 1 amide bonds. The monoisotopic (exact) mass is 207 g/mol. The van der Waals surface area contributed by atoms with Crippen molar-refractivity contribution < 1.29 is 19.8 Å². The molecular weight excluding hydrogens is 198 g/mol. The van der Waals surface area contributed by atoms with Gasteiger partial charge < -0.3 is 15.5 Å². The molecule has 0 aromatic heterocycles. The number of rotatable bonds is 1. The fourth-order valence-electron chi connectivity index (χ4n) is 1.67. The summed E-state index contributed by atoms with van der Waals surface area (Å²) in [5, 5.41) is 20.7. The largest absolute Gasteiger partial charge is 0.508 e. The molecule has 1 heterocycles. The van der Waals surface area contributed by atoms with Crippen LogP contribution in [0, 0.1) is 0 Å². The lowest BCUT2D eigenvalue weighted by atomic mass is 9.90. The number of phenols is 1. The van der Waals surface area contributed by atoms with Gasteiger partial charge in [0.05, 0.1) is 5.92 Å². The van der Waals surface area contributed by atoms with Crippen molar-refractivity contribution in [1.29, 1.82) is 0 Å². The molecule has 0 saturated carbocycles. The lowest BCUT2D eigenvalue weighted by Gasteiger charge is -2.22. The van der Waals surface area contributed by atoms with Gasteiger partial charge in [-0.1, -0.05) is 6.07 Å². The maximum absolute atomic E-state index is 11.2. The Morgan fingerprint density at radius 1 is 1.47 bits per heavy atom. The maximum atomic E-state index is 11.2. The van der Waals surface area contributed by atoms with Gasteiger partial charge in [0.2, 0.25) is 5.91 Å². The minimum atomic E-state index is -1.03. The number of aliphatic carboxylic acids is 1. The first kappa shape index (κ1) is 9.51. The summed E-state index contributed by atoms with van der Waals surface area (Å²) in [7, 11) is 0. The van der Waals surface area contributed by atoms with Gasteiger partial charge in [-0.25, -0.2) is 0 Å². The van der Waals surface area contributed by atoms with E-state index in [-0.39, 0.29) is 18.1 Å². The van der Waals surface area contributed by atoms with Crippen LogP contribution in [0.5, 0.6) is 5.75 Å². The molecule has 1 aromatic carbocycles. The van der Waals surface area contributed by atoms with Gasteiger partial charge in [-0.05, 0) is 11.6 Å². The first-order valence-electron chi connectivity index (χ1n) is 4.43. The molecule has 1 unspecified atom stereocenters. The van der Waals surface area contributed by atoms with Crippen molar-refractivity contribution in [1.82, 2.24) is 0 Å². The van der Waals surface area contributed by atoms with Crippen molar-refractivity contribution in [3.63, 3.8) is 0 Å². The van der Waals surface area contributed by atoms with Crippen LogP contribution in [-0.4, -0.2) is 22.1 Å². The Morgan fingerprint density at radius 2 is 2.20 bits per heavy atom. The molecule has 2 rings (SSSR count). The summed E-state index contributed by atoms with van der Waals surface area (Å²) in [5.41, 5.74) is 0.901. The third kappa shape index (κ3) is 1.63. The van der Waals surface area contributed by atoms with E-state index in [9.17, 15) is 14.7 Å². The lowest BCUT2D eigenvalue weighted by Crippen LogP contribution is -2.27. The Hall–Kier alpha value is -2.04. The van der Waals surface area contributed by atoms with Crippen LogP contribution in [0.15, 0.2) is 18.2 Å². The molecular formula is C10H9NO4. The molecule has 0 radical (unpaired) electrons. The highest BCUT2D eigenvalue weighted by atomic mass is 16.4. The van der Waals surface area contributed by atoms with Crippen molar-refractivity contribution in [3.8, 4) is 5.75 Å². The van der Waals surface area contributed by atoms with E-state index in [1.807, 2.05) is 0 Å². The number of hydrogen-bond acceptors (Lipinski definition) is 3. The lowest BCUT2D eigenvalue weighted by molar-refractivity contribution is -0.140. The predicted molar refractivity (Wildman–Crippen MR) is 51.7 cm³/mol. The second-order valence-corrected chi connectivity index (χ2v) is 3.41. The molecule has 1 aliphatic rings. The summed E-state index contributed by atoms with van der Waals surface area (Å²) in [4.78, 5) is 22.1. The van der Waals surface area contributed by atoms with Gasteiger partial charge in [0, 0.05) is 18.2 Å². The Kier molecular flexibility index (Phi) is 2.07. The van der Waals surface area contributed by atoms with Crippen molar-refractivity contribution in [2.75, 3.05) is 5.32 Å². The average molecular weight is 207 g/mol. The van der Waals surface area contributed by atoms with E-state index in [0.29, 0.717) is 11.3 Å². The molecule has 1 atom stereocenters. The Morgan fingerprint density at radius 3 is 2.87 bits per heavy atom. The number of carbonyl (C=O) groups is 2. The van der Waals surface area contributed by atoms with Gasteiger partial charge in [-0.2, -0.15) is 0 Å². The molecule has 3 N–H and O–H groups in total. The van der Waals surface area contributed by atoms with Gasteiger partial charge >= 0.3 is 5.97 Å². The van der Waals surface area contributed by atoms with Gasteiger partial charge in [0.1, 0.15) is 5.75 Å². The van der Waals surface area contributed by atoms with E-state index < -0.39 is 11.9 Å². The van der Waals surface area contributed by atoms with E-state index in [1.165, 1.54) is 18.2 Å². The molecule has 5 nitrogen and oxygen atoms in total. The highest BCUT2D eigenvalue weighted by molar-refractivity contribution is 5.99. The van der Waals surface area contributed by atoms with Crippen LogP contribution in [0.25, 0.3) is 0 Å². The van der Waals surface area contributed by atoms with Gasteiger partial charge in [-0.15, -0.1) is 0 Å². The van der Waals surface area contributed by atoms with Crippen LogP contribution in [0.2, 0.25) is 0 Å². The molecule has 0 saturated heterocycles. The number of carboxylic acids is 1. The molecule has 78 valence electrons. The summed E-state index contributed by atoms with van der Waals surface area (Å²) in [6.45, 7) is 0. The van der Waals surface area contributed by atoms with E-state index in [2.05, 4.69) is 5.32 Å². The Bertz CT molecular complexity index is 441. The third-order valence-corrected chi connectivity index (χ3v) is 2.37. The van der Waals surface area contributed by atoms with Crippen LogP contribution in [0.3, 0.4) is 0 Å². The van der Waals surface area contributed by atoms with Crippen molar-refractivity contribution in [3.05, 3.63) is 23.8 Å². The van der Waals surface area contributed by atoms with E-state index in [0.717, 1.165) is 0 Å². The number of carboxylic acid groups (broad SMARTS) is 1. The predicted octanol–water partition coefficient (Wildman–Crippen LogP) is 0.903. The number of amides is 1. The molecule has 1 aromatic rings. The Labute approximate surface area is 85.3 Å². The zero-order valence-electron chi connectivity index (χ0n) is 7.73. The summed E-state index contributed by atoms with van der Waals surface area (Å²) in [5.74, 6) is -2.20. The molecule has 0 aliphatic carbocycles. The molecule has 15 heavy (non-hydrogen) atoms. The first-order valence-corrected chi connectivity index (χ1v) is 4.43. The van der Waals surface area contributed by atoms with Crippen LogP contribution >= 0.6 is 0 Å². The van der Waals surface area contributed by atoms with Crippen LogP contribution in [-0.2, 0) is 9.59 Å². The molecule has 0 bridgehead atoms. The van der Waals surface area contributed by atoms with E-state index in [4.69, 9.17) is 5.11 Å². The minimum absolute atomic E-state index is 0.0000822. The SMILES string of the molecule is O=C1CC(C(=O)O)c2ccc(O)cc2N1. The molecule has 5 heteroatoms. The number of carbonyl (C=O) groups excluding carboxylic acids is 1. The van der Waals surface area contributed by atoms with Crippen LogP contribution < -0.4 is 5.32 Å². The van der Waals surface area contributed by atoms with Crippen LogP contribution in [0.4, 0.5) is 5.69 Å². The zero-order chi connectivity index (χ0) is 11.0. The molecule has 1 aliphatic heterocycles. The summed E-state index contributed by atoms with van der Waals surface area (Å²) >= 11 is 0. The summed E-state index contributed by atoms with van der Waals surface area (Å²) < 4.78 is 0. The second kappa shape index (κ2) is 3.27. The fraction of sp³-hybridized carbons (Fsp3) is 0.200. The van der Waals surface area contributed by atoms with Crippen molar-refractivity contribution >= 4 is 17.6 Å². The number of anilines is 1. The maximum Gasteiger partial charge on any atom is 0.311 e. The Balaban J connectivity index is 2.51. The average Bonchev–Trinajstić information content (AvgIpc) is 2.15. The number of benzene rings is 1. The normalized spacial score (nSPS) is 19.2. The minimum Gasteiger partial charge on any atom is -0.508 e.